The van der Waals surface area contributed by atoms with E-state index < -0.39 is 0 Å². The molecule has 1 aliphatic rings. The van der Waals surface area contributed by atoms with Gasteiger partial charge < -0.3 is 10.1 Å². The molecule has 0 unspecified atom stereocenters. The molecular formula is C12H16N2O2. The molecule has 16 heavy (non-hydrogen) atoms. The van der Waals surface area contributed by atoms with E-state index in [4.69, 9.17) is 4.74 Å². The lowest BCUT2D eigenvalue weighted by molar-refractivity contribution is 0.0958. The second-order valence-electron chi connectivity index (χ2n) is 3.92. The maximum atomic E-state index is 11.6. The number of amides is 1. The first kappa shape index (κ1) is 10.9. The van der Waals surface area contributed by atoms with Crippen LogP contribution in [-0.4, -0.2) is 24.0 Å². The Hall–Kier alpha value is -1.58. The normalized spacial score (nSPS) is 14.6. The van der Waals surface area contributed by atoms with Crippen LogP contribution in [0.2, 0.25) is 0 Å². The zero-order valence-electron chi connectivity index (χ0n) is 9.62. The van der Waals surface area contributed by atoms with Crippen molar-refractivity contribution in [1.29, 1.82) is 0 Å². The third-order valence-corrected chi connectivity index (χ3v) is 2.57. The molecule has 0 aromatic carbocycles. The quantitative estimate of drug-likeness (QED) is 0.837. The van der Waals surface area contributed by atoms with E-state index in [1.807, 2.05) is 13.0 Å². The van der Waals surface area contributed by atoms with Crippen LogP contribution in [0.5, 0.6) is 5.75 Å². The van der Waals surface area contributed by atoms with E-state index in [0.717, 1.165) is 25.0 Å². The summed E-state index contributed by atoms with van der Waals surface area (Å²) in [4.78, 5) is 15.8. The summed E-state index contributed by atoms with van der Waals surface area (Å²) in [6, 6.07) is 1.86. The van der Waals surface area contributed by atoms with Gasteiger partial charge in [-0.1, -0.05) is 6.92 Å². The van der Waals surface area contributed by atoms with E-state index in [0.29, 0.717) is 11.3 Å². The molecule has 1 saturated carbocycles. The lowest BCUT2D eigenvalue weighted by atomic mass is 10.2. The molecule has 1 aromatic rings. The monoisotopic (exact) mass is 220 g/mol. The standard InChI is InChI=1S/C12H16N2O2/c1-3-8-6-11(16-9-4-5-9)10(7-14-8)12(15)13-2/h6-7,9H,3-5H2,1-2H3,(H,13,15). The minimum Gasteiger partial charge on any atom is -0.489 e. The van der Waals surface area contributed by atoms with Gasteiger partial charge in [0, 0.05) is 25.0 Å². The van der Waals surface area contributed by atoms with Crippen LogP contribution in [-0.2, 0) is 6.42 Å². The molecule has 1 heterocycles. The summed E-state index contributed by atoms with van der Waals surface area (Å²) in [6.07, 6.45) is 4.88. The lowest BCUT2D eigenvalue weighted by Crippen LogP contribution is -2.19. The number of rotatable bonds is 4. The van der Waals surface area contributed by atoms with E-state index in [1.54, 1.807) is 13.2 Å². The Balaban J connectivity index is 2.29. The first-order valence-corrected chi connectivity index (χ1v) is 5.62. The molecule has 86 valence electrons. The highest BCUT2D eigenvalue weighted by atomic mass is 16.5. The molecular weight excluding hydrogens is 204 g/mol. The number of pyridine rings is 1. The molecule has 1 aromatic heterocycles. The van der Waals surface area contributed by atoms with Gasteiger partial charge in [-0.25, -0.2) is 0 Å². The minimum atomic E-state index is -0.147. The summed E-state index contributed by atoms with van der Waals surface area (Å²) < 4.78 is 5.72. The fourth-order valence-electron chi connectivity index (χ4n) is 1.44. The first-order chi connectivity index (χ1) is 7.74. The Bertz CT molecular complexity index is 400. The number of carbonyl (C=O) groups excluding carboxylic acids is 1. The predicted molar refractivity (Wildman–Crippen MR) is 60.7 cm³/mol. The van der Waals surface area contributed by atoms with Crippen molar-refractivity contribution in [2.75, 3.05) is 7.05 Å². The molecule has 1 aliphatic carbocycles. The van der Waals surface area contributed by atoms with Crippen LogP contribution in [0, 0.1) is 0 Å². The number of aromatic nitrogens is 1. The van der Waals surface area contributed by atoms with Crippen molar-refractivity contribution in [2.45, 2.75) is 32.3 Å². The van der Waals surface area contributed by atoms with Crippen LogP contribution >= 0.6 is 0 Å². The maximum absolute atomic E-state index is 11.6. The van der Waals surface area contributed by atoms with E-state index in [-0.39, 0.29) is 12.0 Å². The highest BCUT2D eigenvalue weighted by Crippen LogP contribution is 2.29. The summed E-state index contributed by atoms with van der Waals surface area (Å²) in [6.45, 7) is 2.03. The molecule has 0 saturated heterocycles. The van der Waals surface area contributed by atoms with Crippen LogP contribution in [0.1, 0.15) is 35.8 Å². The van der Waals surface area contributed by atoms with Gasteiger partial charge in [-0.05, 0) is 19.3 Å². The van der Waals surface area contributed by atoms with Crippen LogP contribution < -0.4 is 10.1 Å². The van der Waals surface area contributed by atoms with Gasteiger partial charge in [0.1, 0.15) is 5.75 Å². The number of ether oxygens (including phenoxy) is 1. The van der Waals surface area contributed by atoms with Crippen LogP contribution in [0.4, 0.5) is 0 Å². The van der Waals surface area contributed by atoms with Gasteiger partial charge in [0.2, 0.25) is 0 Å². The Labute approximate surface area is 95.0 Å². The van der Waals surface area contributed by atoms with Gasteiger partial charge >= 0.3 is 0 Å². The van der Waals surface area contributed by atoms with Crippen molar-refractivity contribution in [3.05, 3.63) is 23.5 Å². The Morgan fingerprint density at radius 3 is 2.94 bits per heavy atom. The van der Waals surface area contributed by atoms with E-state index in [9.17, 15) is 4.79 Å². The van der Waals surface area contributed by atoms with E-state index in [2.05, 4.69) is 10.3 Å². The third kappa shape index (κ3) is 2.32. The molecule has 0 atom stereocenters. The fourth-order valence-corrected chi connectivity index (χ4v) is 1.44. The number of carbonyl (C=O) groups is 1. The van der Waals surface area contributed by atoms with Crippen LogP contribution in [0.25, 0.3) is 0 Å². The maximum Gasteiger partial charge on any atom is 0.256 e. The van der Waals surface area contributed by atoms with Crippen LogP contribution in [0.3, 0.4) is 0 Å². The van der Waals surface area contributed by atoms with Gasteiger partial charge in [-0.15, -0.1) is 0 Å². The Morgan fingerprint density at radius 2 is 2.38 bits per heavy atom. The smallest absolute Gasteiger partial charge is 0.256 e. The third-order valence-electron chi connectivity index (χ3n) is 2.57. The average Bonchev–Trinajstić information content (AvgIpc) is 3.12. The topological polar surface area (TPSA) is 51.2 Å². The van der Waals surface area contributed by atoms with Crippen molar-refractivity contribution < 1.29 is 9.53 Å². The van der Waals surface area contributed by atoms with Gasteiger partial charge in [0.15, 0.2) is 0 Å². The molecule has 0 radical (unpaired) electrons. The summed E-state index contributed by atoms with van der Waals surface area (Å²) in [5, 5.41) is 2.59. The van der Waals surface area contributed by atoms with Crippen molar-refractivity contribution in [1.82, 2.24) is 10.3 Å². The first-order valence-electron chi connectivity index (χ1n) is 5.62. The second kappa shape index (κ2) is 4.51. The number of hydrogen-bond donors (Lipinski definition) is 1. The SMILES string of the molecule is CCc1cc(OC2CC2)c(C(=O)NC)cn1. The fraction of sp³-hybridized carbons (Fsp3) is 0.500. The minimum absolute atomic E-state index is 0.147. The molecule has 0 bridgehead atoms. The number of aryl methyl sites for hydroxylation is 1. The van der Waals surface area contributed by atoms with Gasteiger partial charge in [-0.3, -0.25) is 9.78 Å². The summed E-state index contributed by atoms with van der Waals surface area (Å²) in [7, 11) is 1.61. The predicted octanol–water partition coefficient (Wildman–Crippen LogP) is 1.54. The molecule has 0 aliphatic heterocycles. The number of nitrogens with one attached hydrogen (secondary N) is 1. The highest BCUT2D eigenvalue weighted by molar-refractivity contribution is 5.96. The molecule has 1 amide bonds. The summed E-state index contributed by atoms with van der Waals surface area (Å²) in [5.41, 5.74) is 1.47. The lowest BCUT2D eigenvalue weighted by Gasteiger charge is -2.10. The zero-order chi connectivity index (χ0) is 11.5. The Kier molecular flexibility index (Phi) is 3.08. The largest absolute Gasteiger partial charge is 0.489 e. The van der Waals surface area contributed by atoms with Gasteiger partial charge in [0.05, 0.1) is 11.7 Å². The molecule has 1 fully saturated rings. The molecule has 4 heteroatoms. The van der Waals surface area contributed by atoms with Crippen molar-refractivity contribution >= 4 is 5.91 Å². The number of nitrogens with zero attached hydrogens (tertiary/aromatic N) is 1. The van der Waals surface area contributed by atoms with Crippen molar-refractivity contribution in [3.63, 3.8) is 0 Å². The Morgan fingerprint density at radius 1 is 1.62 bits per heavy atom. The highest BCUT2D eigenvalue weighted by Gasteiger charge is 2.25. The molecule has 4 nitrogen and oxygen atoms in total. The summed E-state index contributed by atoms with van der Waals surface area (Å²) >= 11 is 0. The van der Waals surface area contributed by atoms with Gasteiger partial charge in [-0.2, -0.15) is 0 Å². The van der Waals surface area contributed by atoms with Crippen LogP contribution in [0.15, 0.2) is 12.3 Å². The second-order valence-corrected chi connectivity index (χ2v) is 3.92. The number of hydrogen-bond acceptors (Lipinski definition) is 3. The van der Waals surface area contributed by atoms with E-state index in [1.165, 1.54) is 0 Å². The molecule has 1 N–H and O–H groups in total. The average molecular weight is 220 g/mol. The van der Waals surface area contributed by atoms with Gasteiger partial charge in [0.25, 0.3) is 5.91 Å². The van der Waals surface area contributed by atoms with Crippen molar-refractivity contribution in [3.8, 4) is 5.75 Å². The molecule has 0 spiro atoms. The van der Waals surface area contributed by atoms with Crippen molar-refractivity contribution in [2.24, 2.45) is 0 Å². The molecule has 2 rings (SSSR count). The summed E-state index contributed by atoms with van der Waals surface area (Å²) in [5.74, 6) is 0.513. The van der Waals surface area contributed by atoms with E-state index >= 15 is 0 Å². The zero-order valence-corrected chi connectivity index (χ0v) is 9.62.